The molecule has 21 heavy (non-hydrogen) atoms. The van der Waals surface area contributed by atoms with Crippen molar-refractivity contribution in [2.24, 2.45) is 0 Å². The van der Waals surface area contributed by atoms with Crippen LogP contribution in [0.3, 0.4) is 0 Å². The molecule has 0 radical (unpaired) electrons. The van der Waals surface area contributed by atoms with E-state index in [0.29, 0.717) is 19.7 Å². The van der Waals surface area contributed by atoms with E-state index in [9.17, 15) is 9.59 Å². The molecule has 1 aromatic rings. The Morgan fingerprint density at radius 2 is 2.14 bits per heavy atom. The highest BCUT2D eigenvalue weighted by Crippen LogP contribution is 2.14. The van der Waals surface area contributed by atoms with Crippen LogP contribution in [0.4, 0.5) is 0 Å². The van der Waals surface area contributed by atoms with Crippen molar-refractivity contribution in [1.29, 1.82) is 0 Å². The van der Waals surface area contributed by atoms with E-state index < -0.39 is 5.97 Å². The fraction of sp³-hybridized carbons (Fsp3) is 0.500. The third kappa shape index (κ3) is 3.77. The lowest BCUT2D eigenvalue weighted by Crippen LogP contribution is -2.50. The number of methoxy groups -OCH3 is 1. The zero-order valence-electron chi connectivity index (χ0n) is 12.0. The Morgan fingerprint density at radius 1 is 1.43 bits per heavy atom. The van der Waals surface area contributed by atoms with E-state index >= 15 is 0 Å². The molecule has 1 aromatic heterocycles. The zero-order valence-corrected chi connectivity index (χ0v) is 12.0. The number of carbonyl (C=O) groups is 2. The predicted octanol–water partition coefficient (Wildman–Crippen LogP) is 0.656. The standard InChI is InChI=1S/C14H18N2O5/c1-9-6-16(7-10(21-9)8-20-2)13(17)11-4-3-5-12(15-11)14(18)19/h3-5,9-10H,6-8H2,1-2H3,(H,18,19). The molecule has 0 aromatic carbocycles. The maximum atomic E-state index is 12.4. The van der Waals surface area contributed by atoms with Crippen LogP contribution in [-0.2, 0) is 9.47 Å². The van der Waals surface area contributed by atoms with Crippen molar-refractivity contribution in [3.63, 3.8) is 0 Å². The minimum Gasteiger partial charge on any atom is -0.477 e. The van der Waals surface area contributed by atoms with Crippen molar-refractivity contribution in [3.05, 3.63) is 29.6 Å². The summed E-state index contributed by atoms with van der Waals surface area (Å²) in [5.74, 6) is -1.45. The summed E-state index contributed by atoms with van der Waals surface area (Å²) < 4.78 is 10.7. The summed E-state index contributed by atoms with van der Waals surface area (Å²) in [6.07, 6.45) is -0.295. The first-order chi connectivity index (χ1) is 10.0. The highest BCUT2D eigenvalue weighted by atomic mass is 16.5. The summed E-state index contributed by atoms with van der Waals surface area (Å²) in [6, 6.07) is 4.38. The Hall–Kier alpha value is -1.99. The first kappa shape index (κ1) is 15.4. The van der Waals surface area contributed by atoms with E-state index in [1.165, 1.54) is 18.2 Å². The average molecular weight is 294 g/mol. The quantitative estimate of drug-likeness (QED) is 0.877. The number of carboxylic acid groups (broad SMARTS) is 1. The van der Waals surface area contributed by atoms with Crippen LogP contribution in [0, 0.1) is 0 Å². The van der Waals surface area contributed by atoms with Gasteiger partial charge in [-0.3, -0.25) is 4.79 Å². The van der Waals surface area contributed by atoms with E-state index in [2.05, 4.69) is 4.98 Å². The molecule has 2 rings (SSSR count). The smallest absolute Gasteiger partial charge is 0.354 e. The number of nitrogens with zero attached hydrogens (tertiary/aromatic N) is 2. The van der Waals surface area contributed by atoms with Crippen LogP contribution in [-0.4, -0.2) is 65.9 Å². The maximum Gasteiger partial charge on any atom is 0.354 e. The van der Waals surface area contributed by atoms with Crippen LogP contribution < -0.4 is 0 Å². The van der Waals surface area contributed by atoms with Gasteiger partial charge in [0.25, 0.3) is 5.91 Å². The van der Waals surface area contributed by atoms with Gasteiger partial charge < -0.3 is 19.5 Å². The van der Waals surface area contributed by atoms with E-state index in [4.69, 9.17) is 14.6 Å². The molecule has 7 heteroatoms. The van der Waals surface area contributed by atoms with Gasteiger partial charge in [-0.15, -0.1) is 0 Å². The summed E-state index contributed by atoms with van der Waals surface area (Å²) in [7, 11) is 1.58. The first-order valence-electron chi connectivity index (χ1n) is 6.65. The molecular formula is C14H18N2O5. The minimum absolute atomic E-state index is 0.106. The van der Waals surface area contributed by atoms with Gasteiger partial charge in [-0.05, 0) is 19.1 Å². The second kappa shape index (κ2) is 6.64. The number of carbonyl (C=O) groups excluding carboxylic acids is 1. The molecule has 0 aliphatic carbocycles. The van der Waals surface area contributed by atoms with E-state index in [0.717, 1.165) is 0 Å². The minimum atomic E-state index is -1.16. The van der Waals surface area contributed by atoms with Gasteiger partial charge in [0.15, 0.2) is 0 Å². The fourth-order valence-corrected chi connectivity index (χ4v) is 2.32. The van der Waals surface area contributed by atoms with Gasteiger partial charge in [0, 0.05) is 20.2 Å². The van der Waals surface area contributed by atoms with Gasteiger partial charge in [0.05, 0.1) is 18.8 Å². The number of carboxylic acids is 1. The van der Waals surface area contributed by atoms with E-state index in [1.54, 1.807) is 12.0 Å². The summed E-state index contributed by atoms with van der Waals surface area (Å²) in [4.78, 5) is 28.9. The topological polar surface area (TPSA) is 89.0 Å². The molecule has 114 valence electrons. The number of aromatic nitrogens is 1. The summed E-state index contributed by atoms with van der Waals surface area (Å²) in [5.41, 5.74) is -0.0178. The Bertz CT molecular complexity index is 534. The molecule has 1 amide bonds. The van der Waals surface area contributed by atoms with Crippen molar-refractivity contribution in [2.45, 2.75) is 19.1 Å². The molecule has 0 saturated carbocycles. The summed E-state index contributed by atoms with van der Waals surface area (Å²) in [5, 5.41) is 8.93. The molecule has 1 saturated heterocycles. The lowest BCUT2D eigenvalue weighted by molar-refractivity contribution is -0.0919. The van der Waals surface area contributed by atoms with E-state index in [-0.39, 0.29) is 29.5 Å². The third-order valence-electron chi connectivity index (χ3n) is 3.15. The predicted molar refractivity (Wildman–Crippen MR) is 73.3 cm³/mol. The van der Waals surface area contributed by atoms with Crippen molar-refractivity contribution < 1.29 is 24.2 Å². The zero-order chi connectivity index (χ0) is 15.4. The maximum absolute atomic E-state index is 12.4. The second-order valence-electron chi connectivity index (χ2n) is 4.95. The monoisotopic (exact) mass is 294 g/mol. The Balaban J connectivity index is 2.15. The van der Waals surface area contributed by atoms with Crippen LogP contribution >= 0.6 is 0 Å². The average Bonchev–Trinajstić information content (AvgIpc) is 2.46. The van der Waals surface area contributed by atoms with Gasteiger partial charge >= 0.3 is 5.97 Å². The number of aromatic carboxylic acids is 1. The van der Waals surface area contributed by atoms with Crippen LogP contribution in [0.15, 0.2) is 18.2 Å². The number of amides is 1. The Kier molecular flexibility index (Phi) is 4.87. The highest BCUT2D eigenvalue weighted by molar-refractivity contribution is 5.94. The molecule has 1 N–H and O–H groups in total. The number of rotatable bonds is 4. The molecule has 1 aliphatic heterocycles. The van der Waals surface area contributed by atoms with Gasteiger partial charge in [0.2, 0.25) is 0 Å². The molecule has 2 heterocycles. The highest BCUT2D eigenvalue weighted by Gasteiger charge is 2.29. The second-order valence-corrected chi connectivity index (χ2v) is 4.95. The van der Waals surface area contributed by atoms with E-state index in [1.807, 2.05) is 6.92 Å². The molecule has 2 atom stereocenters. The van der Waals surface area contributed by atoms with Gasteiger partial charge in [0.1, 0.15) is 11.4 Å². The molecule has 0 bridgehead atoms. The van der Waals surface area contributed by atoms with Gasteiger partial charge in [-0.25, -0.2) is 9.78 Å². The number of ether oxygens (including phenoxy) is 2. The van der Waals surface area contributed by atoms with Gasteiger partial charge in [-0.1, -0.05) is 6.07 Å². The van der Waals surface area contributed by atoms with Crippen LogP contribution in [0.2, 0.25) is 0 Å². The normalized spacial score (nSPS) is 22.1. The summed E-state index contributed by atoms with van der Waals surface area (Å²) in [6.45, 7) is 3.12. The lowest BCUT2D eigenvalue weighted by Gasteiger charge is -2.36. The molecule has 1 aliphatic rings. The van der Waals surface area contributed by atoms with Crippen LogP contribution in [0.5, 0.6) is 0 Å². The SMILES string of the molecule is COCC1CN(C(=O)c2cccc(C(=O)O)n2)CC(C)O1. The lowest BCUT2D eigenvalue weighted by atomic mass is 10.2. The number of hydrogen-bond donors (Lipinski definition) is 1. The van der Waals surface area contributed by atoms with Crippen molar-refractivity contribution in [1.82, 2.24) is 9.88 Å². The number of morpholine rings is 1. The third-order valence-corrected chi connectivity index (χ3v) is 3.15. The van der Waals surface area contributed by atoms with Gasteiger partial charge in [-0.2, -0.15) is 0 Å². The molecule has 7 nitrogen and oxygen atoms in total. The molecule has 1 fully saturated rings. The molecular weight excluding hydrogens is 276 g/mol. The number of pyridine rings is 1. The van der Waals surface area contributed by atoms with Crippen molar-refractivity contribution >= 4 is 11.9 Å². The fourth-order valence-electron chi connectivity index (χ4n) is 2.32. The number of hydrogen-bond acceptors (Lipinski definition) is 5. The molecule has 0 spiro atoms. The van der Waals surface area contributed by atoms with Crippen molar-refractivity contribution in [2.75, 3.05) is 26.8 Å². The first-order valence-corrected chi connectivity index (χ1v) is 6.65. The van der Waals surface area contributed by atoms with Crippen molar-refractivity contribution in [3.8, 4) is 0 Å². The van der Waals surface area contributed by atoms with Crippen LogP contribution in [0.1, 0.15) is 27.9 Å². The largest absolute Gasteiger partial charge is 0.477 e. The Morgan fingerprint density at radius 3 is 2.81 bits per heavy atom. The molecule has 2 unspecified atom stereocenters. The Labute approximate surface area is 122 Å². The summed E-state index contributed by atoms with van der Waals surface area (Å²) >= 11 is 0. The van der Waals surface area contributed by atoms with Crippen LogP contribution in [0.25, 0.3) is 0 Å².